The molecule has 0 bridgehead atoms. The zero-order valence-corrected chi connectivity index (χ0v) is 13.6. The molecule has 0 saturated carbocycles. The number of hydrogen-bond acceptors (Lipinski definition) is 4. The first kappa shape index (κ1) is 16.8. The number of ether oxygens (including phenoxy) is 1. The molecule has 0 spiro atoms. The van der Waals surface area contributed by atoms with E-state index >= 15 is 0 Å². The van der Waals surface area contributed by atoms with Gasteiger partial charge in [-0.2, -0.15) is 0 Å². The van der Waals surface area contributed by atoms with Crippen LogP contribution in [0.2, 0.25) is 0 Å². The van der Waals surface area contributed by atoms with Crippen molar-refractivity contribution in [3.8, 4) is 0 Å². The number of rotatable bonds is 6. The Bertz CT molecular complexity index is 730. The Kier molecular flexibility index (Phi) is 5.57. The fourth-order valence-corrected chi connectivity index (χ4v) is 2.35. The molecule has 5 heteroatoms. The maximum atomic E-state index is 12.3. The third-order valence-corrected chi connectivity index (χ3v) is 3.65. The summed E-state index contributed by atoms with van der Waals surface area (Å²) < 4.78 is 10.2. The highest BCUT2D eigenvalue weighted by molar-refractivity contribution is 5.99. The van der Waals surface area contributed by atoms with E-state index in [0.717, 1.165) is 17.4 Å². The summed E-state index contributed by atoms with van der Waals surface area (Å²) in [6.45, 7) is 3.80. The number of allylic oxidation sites excluding steroid dienone is 1. The van der Waals surface area contributed by atoms with Gasteiger partial charge >= 0.3 is 5.97 Å². The zero-order chi connectivity index (χ0) is 16.8. The van der Waals surface area contributed by atoms with Crippen LogP contribution in [0.15, 0.2) is 40.8 Å². The summed E-state index contributed by atoms with van der Waals surface area (Å²) in [5.41, 5.74) is 1.56. The van der Waals surface area contributed by atoms with Crippen molar-refractivity contribution in [1.82, 2.24) is 5.32 Å². The first-order valence-corrected chi connectivity index (χ1v) is 7.56. The molecule has 0 aliphatic carbocycles. The molecule has 1 unspecified atom stereocenters. The Hall–Kier alpha value is -2.56. The van der Waals surface area contributed by atoms with E-state index in [1.807, 2.05) is 38.1 Å². The van der Waals surface area contributed by atoms with E-state index < -0.39 is 0 Å². The van der Waals surface area contributed by atoms with Crippen molar-refractivity contribution >= 4 is 22.8 Å². The molecule has 23 heavy (non-hydrogen) atoms. The van der Waals surface area contributed by atoms with E-state index in [1.54, 1.807) is 6.08 Å². The van der Waals surface area contributed by atoms with Crippen molar-refractivity contribution < 1.29 is 18.7 Å². The highest BCUT2D eigenvalue weighted by Gasteiger charge is 2.18. The normalized spacial score (nSPS) is 12.5. The second-order valence-corrected chi connectivity index (χ2v) is 5.43. The van der Waals surface area contributed by atoms with Gasteiger partial charge in [0.2, 0.25) is 0 Å². The minimum absolute atomic E-state index is 0.0302. The molecule has 2 aromatic rings. The van der Waals surface area contributed by atoms with Gasteiger partial charge in [-0.25, -0.2) is 4.79 Å². The number of hydrogen-bond donors (Lipinski definition) is 1. The van der Waals surface area contributed by atoms with Gasteiger partial charge in [0.25, 0.3) is 5.91 Å². The van der Waals surface area contributed by atoms with E-state index in [0.29, 0.717) is 17.8 Å². The molecule has 122 valence electrons. The van der Waals surface area contributed by atoms with Gasteiger partial charge < -0.3 is 14.5 Å². The first-order chi connectivity index (χ1) is 11.0. The molecule has 1 aromatic heterocycles. The zero-order valence-electron chi connectivity index (χ0n) is 13.6. The molecule has 1 heterocycles. The lowest BCUT2D eigenvalue weighted by Crippen LogP contribution is -2.32. The van der Waals surface area contributed by atoms with Gasteiger partial charge in [0.1, 0.15) is 5.58 Å². The SMILES string of the molecule is COC(=O)/C=C/CCC(C)NC(=O)c1oc2ccccc2c1C. The summed E-state index contributed by atoms with van der Waals surface area (Å²) in [6.07, 6.45) is 4.52. The lowest BCUT2D eigenvalue weighted by molar-refractivity contribution is -0.134. The highest BCUT2D eigenvalue weighted by atomic mass is 16.5. The van der Waals surface area contributed by atoms with Crippen LogP contribution in [0.3, 0.4) is 0 Å². The van der Waals surface area contributed by atoms with E-state index in [9.17, 15) is 9.59 Å². The van der Waals surface area contributed by atoms with Crippen molar-refractivity contribution in [2.45, 2.75) is 32.7 Å². The molecule has 0 aliphatic rings. The number of amides is 1. The number of fused-ring (bicyclic) bond motifs is 1. The van der Waals surface area contributed by atoms with Crippen molar-refractivity contribution in [2.24, 2.45) is 0 Å². The molecule has 0 radical (unpaired) electrons. The van der Waals surface area contributed by atoms with E-state index in [-0.39, 0.29) is 17.9 Å². The minimum Gasteiger partial charge on any atom is -0.466 e. The number of para-hydroxylation sites is 1. The lowest BCUT2D eigenvalue weighted by Gasteiger charge is -2.11. The molecule has 5 nitrogen and oxygen atoms in total. The fraction of sp³-hybridized carbons (Fsp3) is 0.333. The Labute approximate surface area is 135 Å². The van der Waals surface area contributed by atoms with Gasteiger partial charge in [0.15, 0.2) is 5.76 Å². The Balaban J connectivity index is 1.94. The van der Waals surface area contributed by atoms with Crippen LogP contribution < -0.4 is 5.32 Å². The lowest BCUT2D eigenvalue weighted by atomic mass is 10.1. The maximum absolute atomic E-state index is 12.3. The van der Waals surface area contributed by atoms with Crippen LogP contribution in [0.1, 0.15) is 35.9 Å². The van der Waals surface area contributed by atoms with Crippen LogP contribution in [0.5, 0.6) is 0 Å². The van der Waals surface area contributed by atoms with Crippen molar-refractivity contribution in [3.63, 3.8) is 0 Å². The third-order valence-electron chi connectivity index (χ3n) is 3.65. The summed E-state index contributed by atoms with van der Waals surface area (Å²) in [4.78, 5) is 23.3. The average molecular weight is 315 g/mol. The second kappa shape index (κ2) is 7.63. The van der Waals surface area contributed by atoms with E-state index in [2.05, 4.69) is 10.1 Å². The summed E-state index contributed by atoms with van der Waals surface area (Å²) in [6, 6.07) is 7.55. The maximum Gasteiger partial charge on any atom is 0.330 e. The quantitative estimate of drug-likeness (QED) is 0.655. The molecule has 1 atom stereocenters. The van der Waals surface area contributed by atoms with Crippen molar-refractivity contribution in [2.75, 3.05) is 7.11 Å². The number of aryl methyl sites for hydroxylation is 1. The van der Waals surface area contributed by atoms with Crippen LogP contribution in [-0.4, -0.2) is 25.0 Å². The molecular formula is C18H21NO4. The third kappa shape index (κ3) is 4.22. The van der Waals surface area contributed by atoms with E-state index in [1.165, 1.54) is 13.2 Å². The van der Waals surface area contributed by atoms with Gasteiger partial charge in [0, 0.05) is 23.1 Å². The fourth-order valence-electron chi connectivity index (χ4n) is 2.35. The van der Waals surface area contributed by atoms with Gasteiger partial charge in [-0.15, -0.1) is 0 Å². The number of furan rings is 1. The van der Waals surface area contributed by atoms with Crippen molar-refractivity contribution in [1.29, 1.82) is 0 Å². The smallest absolute Gasteiger partial charge is 0.330 e. The highest BCUT2D eigenvalue weighted by Crippen LogP contribution is 2.24. The molecular weight excluding hydrogens is 294 g/mol. The van der Waals surface area contributed by atoms with Gasteiger partial charge in [-0.1, -0.05) is 24.3 Å². The predicted octanol–water partition coefficient (Wildman–Crippen LogP) is 3.37. The summed E-state index contributed by atoms with van der Waals surface area (Å²) in [7, 11) is 1.34. The summed E-state index contributed by atoms with van der Waals surface area (Å²) in [5.74, 6) is -0.245. The molecule has 1 N–H and O–H groups in total. The summed E-state index contributed by atoms with van der Waals surface area (Å²) in [5, 5.41) is 3.87. The number of carbonyl (C=O) groups excluding carboxylic acids is 2. The van der Waals surface area contributed by atoms with Crippen LogP contribution in [0.4, 0.5) is 0 Å². The summed E-state index contributed by atoms with van der Waals surface area (Å²) >= 11 is 0. The monoisotopic (exact) mass is 315 g/mol. The second-order valence-electron chi connectivity index (χ2n) is 5.43. The number of methoxy groups -OCH3 is 1. The number of carbonyl (C=O) groups is 2. The predicted molar refractivity (Wildman–Crippen MR) is 88.3 cm³/mol. The Morgan fingerprint density at radius 1 is 1.35 bits per heavy atom. The van der Waals surface area contributed by atoms with Gasteiger partial charge in [0.05, 0.1) is 7.11 Å². The largest absolute Gasteiger partial charge is 0.466 e. The van der Waals surface area contributed by atoms with E-state index in [4.69, 9.17) is 4.42 Å². The number of nitrogens with one attached hydrogen (secondary N) is 1. The van der Waals surface area contributed by atoms with Crippen LogP contribution >= 0.6 is 0 Å². The topological polar surface area (TPSA) is 68.5 Å². The molecule has 1 amide bonds. The molecule has 0 aliphatic heterocycles. The molecule has 0 fully saturated rings. The molecule has 1 aromatic carbocycles. The Morgan fingerprint density at radius 2 is 2.09 bits per heavy atom. The standard InChI is InChI=1S/C18H21NO4/c1-12(8-4-7-11-16(20)22-3)19-18(21)17-13(2)14-9-5-6-10-15(14)23-17/h5-7,9-12H,4,8H2,1-3H3,(H,19,21)/b11-7+. The van der Waals surface area contributed by atoms with Crippen LogP contribution in [0, 0.1) is 6.92 Å². The number of benzene rings is 1. The van der Waals surface area contributed by atoms with Crippen LogP contribution in [-0.2, 0) is 9.53 Å². The van der Waals surface area contributed by atoms with Crippen LogP contribution in [0.25, 0.3) is 11.0 Å². The first-order valence-electron chi connectivity index (χ1n) is 7.56. The Morgan fingerprint density at radius 3 is 2.78 bits per heavy atom. The van der Waals surface area contributed by atoms with Gasteiger partial charge in [-0.3, -0.25) is 4.79 Å². The average Bonchev–Trinajstić information content (AvgIpc) is 2.89. The minimum atomic E-state index is -0.375. The van der Waals surface area contributed by atoms with Gasteiger partial charge in [-0.05, 0) is 32.8 Å². The molecule has 2 rings (SSSR count). The molecule has 0 saturated heterocycles. The number of esters is 1. The van der Waals surface area contributed by atoms with Crippen molar-refractivity contribution in [3.05, 3.63) is 47.7 Å².